The second-order valence-electron chi connectivity index (χ2n) is 4.28. The van der Waals surface area contributed by atoms with Gasteiger partial charge in [0.2, 0.25) is 0 Å². The van der Waals surface area contributed by atoms with E-state index in [0.717, 1.165) is 16.1 Å². The molecule has 0 aliphatic carbocycles. The average molecular weight is 373 g/mol. The molecule has 21 heavy (non-hydrogen) atoms. The van der Waals surface area contributed by atoms with Crippen LogP contribution in [0.4, 0.5) is 10.1 Å². The van der Waals surface area contributed by atoms with Gasteiger partial charge in [0.25, 0.3) is 5.91 Å². The molecule has 0 radical (unpaired) electrons. The Morgan fingerprint density at radius 3 is 2.86 bits per heavy atom. The molecule has 0 heterocycles. The lowest BCUT2D eigenvalue weighted by Gasteiger charge is -2.12. The van der Waals surface area contributed by atoms with Gasteiger partial charge < -0.3 is 10.1 Å². The monoisotopic (exact) mass is 371 g/mol. The lowest BCUT2D eigenvalue weighted by Crippen LogP contribution is -2.15. The Morgan fingerprint density at radius 2 is 2.14 bits per heavy atom. The Hall–Kier alpha value is -1.43. The maximum absolute atomic E-state index is 13.7. The molecule has 1 N–H and O–H groups in total. The number of nitrogens with one attached hydrogen (secondary N) is 1. The Bertz CT molecular complexity index is 679. The SMILES string of the molecule is COCc1c(Br)cccc1NC(=O)c1cc(Cl)ccc1F. The molecule has 0 bridgehead atoms. The predicted molar refractivity (Wildman–Crippen MR) is 84.2 cm³/mol. The second kappa shape index (κ2) is 7.02. The molecular weight excluding hydrogens is 361 g/mol. The summed E-state index contributed by atoms with van der Waals surface area (Å²) in [6, 6.07) is 9.17. The van der Waals surface area contributed by atoms with Gasteiger partial charge in [0.15, 0.2) is 0 Å². The average Bonchev–Trinajstić information content (AvgIpc) is 2.45. The van der Waals surface area contributed by atoms with Gasteiger partial charge in [0.1, 0.15) is 5.82 Å². The van der Waals surface area contributed by atoms with Gasteiger partial charge in [0.05, 0.1) is 12.2 Å². The van der Waals surface area contributed by atoms with Crippen LogP contribution in [-0.4, -0.2) is 13.0 Å². The molecule has 0 unspecified atom stereocenters. The topological polar surface area (TPSA) is 38.3 Å². The molecule has 0 fully saturated rings. The van der Waals surface area contributed by atoms with Gasteiger partial charge in [-0.3, -0.25) is 4.79 Å². The summed E-state index contributed by atoms with van der Waals surface area (Å²) < 4.78 is 19.6. The minimum absolute atomic E-state index is 0.106. The molecule has 0 spiro atoms. The van der Waals surface area contributed by atoms with Gasteiger partial charge in [-0.25, -0.2) is 4.39 Å². The number of carbonyl (C=O) groups is 1. The van der Waals surface area contributed by atoms with Crippen LogP contribution in [0, 0.1) is 5.82 Å². The van der Waals surface area contributed by atoms with Crippen LogP contribution in [0.15, 0.2) is 40.9 Å². The third kappa shape index (κ3) is 3.81. The highest BCUT2D eigenvalue weighted by molar-refractivity contribution is 9.10. The smallest absolute Gasteiger partial charge is 0.258 e. The van der Waals surface area contributed by atoms with Crippen LogP contribution in [0.2, 0.25) is 5.02 Å². The number of amides is 1. The summed E-state index contributed by atoms with van der Waals surface area (Å²) in [5.74, 6) is -1.19. The molecule has 0 saturated carbocycles. The fourth-order valence-corrected chi connectivity index (χ4v) is 2.48. The zero-order chi connectivity index (χ0) is 15.4. The normalized spacial score (nSPS) is 10.5. The zero-order valence-corrected chi connectivity index (χ0v) is 13.5. The minimum Gasteiger partial charge on any atom is -0.380 e. The van der Waals surface area contributed by atoms with Gasteiger partial charge in [-0.2, -0.15) is 0 Å². The van der Waals surface area contributed by atoms with E-state index in [1.165, 1.54) is 12.1 Å². The van der Waals surface area contributed by atoms with Crippen LogP contribution in [0.25, 0.3) is 0 Å². The number of hydrogen-bond donors (Lipinski definition) is 1. The first-order valence-electron chi connectivity index (χ1n) is 6.05. The van der Waals surface area contributed by atoms with Gasteiger partial charge in [-0.05, 0) is 30.3 Å². The standard InChI is InChI=1S/C15H12BrClFNO2/c1-21-8-11-12(16)3-2-4-14(11)19-15(20)10-7-9(17)5-6-13(10)18/h2-7H,8H2,1H3,(H,19,20). The third-order valence-corrected chi connectivity index (χ3v) is 3.81. The van der Waals surface area contributed by atoms with Gasteiger partial charge >= 0.3 is 0 Å². The first-order valence-corrected chi connectivity index (χ1v) is 7.22. The Labute approximate surface area is 135 Å². The van der Waals surface area contributed by atoms with E-state index in [1.54, 1.807) is 19.2 Å². The Kier molecular flexibility index (Phi) is 5.33. The van der Waals surface area contributed by atoms with E-state index in [-0.39, 0.29) is 5.56 Å². The van der Waals surface area contributed by atoms with E-state index in [4.69, 9.17) is 16.3 Å². The van der Waals surface area contributed by atoms with Crippen molar-refractivity contribution in [2.45, 2.75) is 6.61 Å². The van der Waals surface area contributed by atoms with Crippen LogP contribution in [-0.2, 0) is 11.3 Å². The molecule has 2 aromatic rings. The fourth-order valence-electron chi connectivity index (χ4n) is 1.83. The summed E-state index contributed by atoms with van der Waals surface area (Å²) in [6.07, 6.45) is 0. The van der Waals surface area contributed by atoms with E-state index < -0.39 is 11.7 Å². The maximum atomic E-state index is 13.7. The van der Waals surface area contributed by atoms with Crippen molar-refractivity contribution in [1.29, 1.82) is 0 Å². The molecule has 0 atom stereocenters. The molecule has 0 saturated heterocycles. The molecule has 0 aliphatic heterocycles. The summed E-state index contributed by atoms with van der Waals surface area (Å²) in [7, 11) is 1.56. The van der Waals surface area contributed by atoms with Crippen molar-refractivity contribution in [3.63, 3.8) is 0 Å². The molecular formula is C15H12BrClFNO2. The molecule has 0 aromatic heterocycles. The highest BCUT2D eigenvalue weighted by atomic mass is 79.9. The highest BCUT2D eigenvalue weighted by Crippen LogP contribution is 2.26. The Morgan fingerprint density at radius 1 is 1.38 bits per heavy atom. The molecule has 1 amide bonds. The largest absolute Gasteiger partial charge is 0.380 e. The molecule has 2 rings (SSSR count). The third-order valence-electron chi connectivity index (χ3n) is 2.83. The van der Waals surface area contributed by atoms with Gasteiger partial charge in [-0.15, -0.1) is 0 Å². The van der Waals surface area contributed by atoms with E-state index >= 15 is 0 Å². The number of halogens is 3. The quantitative estimate of drug-likeness (QED) is 0.849. The molecule has 110 valence electrons. The van der Waals surface area contributed by atoms with Crippen LogP contribution < -0.4 is 5.32 Å². The van der Waals surface area contributed by atoms with Crippen LogP contribution in [0.5, 0.6) is 0 Å². The molecule has 6 heteroatoms. The number of anilines is 1. The van der Waals surface area contributed by atoms with E-state index in [9.17, 15) is 9.18 Å². The highest BCUT2D eigenvalue weighted by Gasteiger charge is 2.15. The van der Waals surface area contributed by atoms with Crippen molar-refractivity contribution < 1.29 is 13.9 Å². The summed E-state index contributed by atoms with van der Waals surface area (Å²) in [5.41, 5.74) is 1.22. The maximum Gasteiger partial charge on any atom is 0.258 e. The summed E-state index contributed by atoms with van der Waals surface area (Å²) in [4.78, 5) is 12.2. The van der Waals surface area contributed by atoms with Crippen molar-refractivity contribution in [2.75, 3.05) is 12.4 Å². The number of hydrogen-bond acceptors (Lipinski definition) is 2. The van der Waals surface area contributed by atoms with Crippen molar-refractivity contribution >= 4 is 39.1 Å². The predicted octanol–water partition coefficient (Wildman–Crippen LogP) is 4.64. The first-order chi connectivity index (χ1) is 10.0. The summed E-state index contributed by atoms with van der Waals surface area (Å²) >= 11 is 9.19. The fraction of sp³-hybridized carbons (Fsp3) is 0.133. The number of carbonyl (C=O) groups excluding carboxylic acids is 1. The van der Waals surface area contributed by atoms with Crippen molar-refractivity contribution in [1.82, 2.24) is 0 Å². The second-order valence-corrected chi connectivity index (χ2v) is 5.57. The number of ether oxygens (including phenoxy) is 1. The van der Waals surface area contributed by atoms with Crippen LogP contribution in [0.3, 0.4) is 0 Å². The van der Waals surface area contributed by atoms with Crippen molar-refractivity contribution in [3.8, 4) is 0 Å². The molecule has 2 aromatic carbocycles. The van der Waals surface area contributed by atoms with Gasteiger partial charge in [0, 0.05) is 27.9 Å². The lowest BCUT2D eigenvalue weighted by molar-refractivity contribution is 0.102. The van der Waals surface area contributed by atoms with E-state index in [0.29, 0.717) is 17.3 Å². The van der Waals surface area contributed by atoms with Crippen molar-refractivity contribution in [2.24, 2.45) is 0 Å². The number of benzene rings is 2. The van der Waals surface area contributed by atoms with E-state index in [2.05, 4.69) is 21.2 Å². The first kappa shape index (κ1) is 15.9. The lowest BCUT2D eigenvalue weighted by atomic mass is 10.1. The Balaban J connectivity index is 2.31. The summed E-state index contributed by atoms with van der Waals surface area (Å²) in [6.45, 7) is 0.315. The number of rotatable bonds is 4. The van der Waals surface area contributed by atoms with Gasteiger partial charge in [-0.1, -0.05) is 33.6 Å². The zero-order valence-electron chi connectivity index (χ0n) is 11.1. The molecule has 3 nitrogen and oxygen atoms in total. The van der Waals surface area contributed by atoms with Crippen LogP contribution in [0.1, 0.15) is 15.9 Å². The minimum atomic E-state index is -0.625. The molecule has 0 aliphatic rings. The number of methoxy groups -OCH3 is 1. The van der Waals surface area contributed by atoms with Crippen LogP contribution >= 0.6 is 27.5 Å². The van der Waals surface area contributed by atoms with E-state index in [1.807, 2.05) is 6.07 Å². The van der Waals surface area contributed by atoms with Crippen molar-refractivity contribution in [3.05, 3.63) is 62.8 Å². The summed E-state index contributed by atoms with van der Waals surface area (Å²) in [5, 5.41) is 2.97.